The Morgan fingerprint density at radius 2 is 1.95 bits per heavy atom. The summed E-state index contributed by atoms with van der Waals surface area (Å²) in [7, 11) is -0.232. The van der Waals surface area contributed by atoms with Crippen molar-refractivity contribution >= 4 is 31.4 Å². The van der Waals surface area contributed by atoms with Gasteiger partial charge in [-0.2, -0.15) is 0 Å². The van der Waals surface area contributed by atoms with E-state index in [1.54, 1.807) is 14.1 Å². The van der Waals surface area contributed by atoms with E-state index in [0.29, 0.717) is 11.4 Å². The summed E-state index contributed by atoms with van der Waals surface area (Å²) >= 11 is 1.52. The summed E-state index contributed by atoms with van der Waals surface area (Å²) in [5, 5.41) is 5.42. The maximum atomic E-state index is 12.5. The molecule has 1 heterocycles. The van der Waals surface area contributed by atoms with Gasteiger partial charge in [-0.05, 0) is 12.6 Å². The second kappa shape index (κ2) is 6.19. The molecule has 0 unspecified atom stereocenters. The van der Waals surface area contributed by atoms with Crippen LogP contribution in [0.25, 0.3) is 10.1 Å². The van der Waals surface area contributed by atoms with E-state index in [-0.39, 0.29) is 0 Å². The summed E-state index contributed by atoms with van der Waals surface area (Å²) in [4.78, 5) is 3.73. The van der Waals surface area contributed by atoms with E-state index in [4.69, 9.17) is 0 Å². The predicted octanol–water partition coefficient (Wildman–Crippen LogP) is 1.77. The summed E-state index contributed by atoms with van der Waals surface area (Å²) in [6.07, 6.45) is 0. The molecule has 2 N–H and O–H groups in total. The van der Waals surface area contributed by atoms with Crippen LogP contribution in [0.5, 0.6) is 0 Å². The van der Waals surface area contributed by atoms with Crippen molar-refractivity contribution in [3.63, 3.8) is 0 Å². The first-order valence-electron chi connectivity index (χ1n) is 6.36. The van der Waals surface area contributed by atoms with Crippen molar-refractivity contribution in [2.24, 2.45) is 0 Å². The van der Waals surface area contributed by atoms with E-state index >= 15 is 0 Å². The van der Waals surface area contributed by atoms with Crippen LogP contribution in [0.4, 0.5) is 0 Å². The molecule has 2 aromatic rings. The van der Waals surface area contributed by atoms with Gasteiger partial charge < -0.3 is 5.32 Å². The van der Waals surface area contributed by atoms with Crippen LogP contribution in [-0.4, -0.2) is 34.1 Å². The lowest BCUT2D eigenvalue weighted by atomic mass is 10.2. The third-order valence-corrected chi connectivity index (χ3v) is 5.63. The van der Waals surface area contributed by atoms with Crippen LogP contribution in [0.2, 0.25) is 0 Å². The highest BCUT2D eigenvalue weighted by Crippen LogP contribution is 2.34. The molecule has 110 valence electrons. The van der Waals surface area contributed by atoms with Crippen LogP contribution < -0.4 is 10.1 Å². The molecule has 0 aliphatic carbocycles. The lowest BCUT2D eigenvalue weighted by Crippen LogP contribution is -2.36. The molecule has 0 saturated heterocycles. The SMILES string of the molecule is CCNCc1sc2ccccc2c1S(=O)(=O)NN(C)C. The minimum Gasteiger partial charge on any atom is -0.312 e. The van der Waals surface area contributed by atoms with Gasteiger partial charge in [0.15, 0.2) is 0 Å². The third kappa shape index (κ3) is 3.18. The first-order chi connectivity index (χ1) is 9.45. The van der Waals surface area contributed by atoms with Gasteiger partial charge in [0.25, 0.3) is 10.0 Å². The monoisotopic (exact) mass is 313 g/mol. The van der Waals surface area contributed by atoms with E-state index in [1.807, 2.05) is 31.2 Å². The molecule has 0 saturated carbocycles. The highest BCUT2D eigenvalue weighted by atomic mass is 32.2. The van der Waals surface area contributed by atoms with Gasteiger partial charge in [0.2, 0.25) is 0 Å². The summed E-state index contributed by atoms with van der Waals surface area (Å²) in [6.45, 7) is 3.36. The number of nitrogens with zero attached hydrogens (tertiary/aromatic N) is 1. The molecule has 2 rings (SSSR count). The van der Waals surface area contributed by atoms with E-state index < -0.39 is 10.0 Å². The third-order valence-electron chi connectivity index (χ3n) is 2.73. The average molecular weight is 313 g/mol. The van der Waals surface area contributed by atoms with Crippen LogP contribution in [0.3, 0.4) is 0 Å². The molecule has 1 aromatic heterocycles. The highest BCUT2D eigenvalue weighted by molar-refractivity contribution is 7.90. The molecule has 0 amide bonds. The van der Waals surface area contributed by atoms with Crippen molar-refractivity contribution < 1.29 is 8.42 Å². The lowest BCUT2D eigenvalue weighted by Gasteiger charge is -2.13. The Morgan fingerprint density at radius 3 is 2.60 bits per heavy atom. The van der Waals surface area contributed by atoms with Crippen molar-refractivity contribution in [1.82, 2.24) is 15.2 Å². The summed E-state index contributed by atoms with van der Waals surface area (Å²) in [5.41, 5.74) is 0. The summed E-state index contributed by atoms with van der Waals surface area (Å²) in [5.74, 6) is 0. The van der Waals surface area contributed by atoms with Gasteiger partial charge in [0, 0.05) is 35.6 Å². The van der Waals surface area contributed by atoms with Crippen molar-refractivity contribution in [3.05, 3.63) is 29.1 Å². The van der Waals surface area contributed by atoms with E-state index in [1.165, 1.54) is 16.3 Å². The molecule has 0 aliphatic rings. The Balaban J connectivity index is 2.58. The number of rotatable bonds is 6. The number of fused-ring (bicyclic) bond motifs is 1. The highest BCUT2D eigenvalue weighted by Gasteiger charge is 2.24. The molecule has 1 aromatic carbocycles. The van der Waals surface area contributed by atoms with Crippen LogP contribution in [-0.2, 0) is 16.6 Å². The van der Waals surface area contributed by atoms with Crippen molar-refractivity contribution in [2.45, 2.75) is 18.4 Å². The summed E-state index contributed by atoms with van der Waals surface area (Å²) in [6, 6.07) is 7.59. The number of hydrogen-bond acceptors (Lipinski definition) is 5. The van der Waals surface area contributed by atoms with Crippen LogP contribution in [0.1, 0.15) is 11.8 Å². The van der Waals surface area contributed by atoms with E-state index in [2.05, 4.69) is 10.1 Å². The summed E-state index contributed by atoms with van der Waals surface area (Å²) < 4.78 is 26.0. The molecule has 0 aliphatic heterocycles. The Kier molecular flexibility index (Phi) is 4.77. The number of sulfonamides is 1. The predicted molar refractivity (Wildman–Crippen MR) is 83.2 cm³/mol. The smallest absolute Gasteiger partial charge is 0.255 e. The van der Waals surface area contributed by atoms with Gasteiger partial charge in [0.1, 0.15) is 4.90 Å². The van der Waals surface area contributed by atoms with Gasteiger partial charge in [-0.3, -0.25) is 0 Å². The number of thiophene rings is 1. The van der Waals surface area contributed by atoms with Gasteiger partial charge >= 0.3 is 0 Å². The number of nitrogens with one attached hydrogen (secondary N) is 2. The van der Waals surface area contributed by atoms with Crippen molar-refractivity contribution in [3.8, 4) is 0 Å². The normalized spacial score (nSPS) is 12.4. The minimum absolute atomic E-state index is 0.382. The van der Waals surface area contributed by atoms with Gasteiger partial charge in [-0.15, -0.1) is 16.2 Å². The number of hydrogen-bond donors (Lipinski definition) is 2. The molecular formula is C13H19N3O2S2. The molecule has 0 atom stereocenters. The zero-order valence-electron chi connectivity index (χ0n) is 11.8. The second-order valence-corrected chi connectivity index (χ2v) is 7.35. The molecule has 0 radical (unpaired) electrons. The maximum Gasteiger partial charge on any atom is 0.255 e. The lowest BCUT2D eigenvalue weighted by molar-refractivity contribution is 0.364. The first kappa shape index (κ1) is 15.4. The maximum absolute atomic E-state index is 12.5. The molecule has 20 heavy (non-hydrogen) atoms. The molecule has 0 bridgehead atoms. The fraction of sp³-hybridized carbons (Fsp3) is 0.385. The minimum atomic E-state index is -3.56. The fourth-order valence-electron chi connectivity index (χ4n) is 2.01. The zero-order chi connectivity index (χ0) is 14.8. The Labute approximate surface area is 123 Å². The molecule has 0 spiro atoms. The van der Waals surface area contributed by atoms with Gasteiger partial charge in [-0.1, -0.05) is 25.1 Å². The van der Waals surface area contributed by atoms with Crippen LogP contribution >= 0.6 is 11.3 Å². The standard InChI is InChI=1S/C13H19N3O2S2/c1-4-14-9-12-13(20(17,18)15-16(2)3)10-7-5-6-8-11(10)19-12/h5-8,14-15H,4,9H2,1-3H3. The Bertz CT molecular complexity index is 693. The fourth-order valence-corrected chi connectivity index (χ4v) is 5.01. The van der Waals surface area contributed by atoms with E-state index in [9.17, 15) is 8.42 Å². The van der Waals surface area contributed by atoms with Crippen LogP contribution in [0.15, 0.2) is 29.2 Å². The quantitative estimate of drug-likeness (QED) is 0.798. The zero-order valence-corrected chi connectivity index (χ0v) is 13.4. The van der Waals surface area contributed by atoms with Crippen molar-refractivity contribution in [2.75, 3.05) is 20.6 Å². The van der Waals surface area contributed by atoms with Crippen LogP contribution in [0, 0.1) is 0 Å². The Morgan fingerprint density at radius 1 is 1.25 bits per heavy atom. The molecule has 5 nitrogen and oxygen atoms in total. The number of hydrazine groups is 1. The second-order valence-electron chi connectivity index (χ2n) is 4.62. The average Bonchev–Trinajstić information content (AvgIpc) is 2.73. The van der Waals surface area contributed by atoms with Crippen molar-refractivity contribution in [1.29, 1.82) is 0 Å². The molecular weight excluding hydrogens is 294 g/mol. The molecule has 7 heteroatoms. The van der Waals surface area contributed by atoms with E-state index in [0.717, 1.165) is 21.5 Å². The van der Waals surface area contributed by atoms with Gasteiger partial charge in [-0.25, -0.2) is 13.4 Å². The Hall–Kier alpha value is -0.990. The largest absolute Gasteiger partial charge is 0.312 e. The molecule has 0 fully saturated rings. The van der Waals surface area contributed by atoms with Gasteiger partial charge in [0.05, 0.1) is 0 Å². The topological polar surface area (TPSA) is 61.4 Å². The number of benzene rings is 1. The first-order valence-corrected chi connectivity index (χ1v) is 8.66.